The minimum Gasteiger partial charge on any atom is -0.399 e. The SMILES string of the molecule is NC(=O)CCCCC(=O)N1CCCCCC1.Nc1ccc(N)cc1. The van der Waals surface area contributed by atoms with E-state index in [1.54, 1.807) is 24.3 Å². The number of unbranched alkanes of at least 4 members (excludes halogenated alkanes) is 1. The maximum Gasteiger partial charge on any atom is 0.222 e. The van der Waals surface area contributed by atoms with Crippen molar-refractivity contribution in [2.24, 2.45) is 5.73 Å². The quantitative estimate of drug-likeness (QED) is 0.566. The Kier molecular flexibility index (Phi) is 9.34. The maximum atomic E-state index is 11.8. The molecule has 0 aliphatic carbocycles. The molecule has 6 N–H and O–H groups in total. The van der Waals surface area contributed by atoms with Crippen molar-refractivity contribution >= 4 is 23.2 Å². The zero-order chi connectivity index (χ0) is 17.8. The topological polar surface area (TPSA) is 115 Å². The van der Waals surface area contributed by atoms with Gasteiger partial charge in [-0.05, 0) is 49.9 Å². The van der Waals surface area contributed by atoms with E-state index in [1.165, 1.54) is 12.8 Å². The molecule has 2 rings (SSSR count). The number of amides is 2. The van der Waals surface area contributed by atoms with Gasteiger partial charge in [0, 0.05) is 37.3 Å². The van der Waals surface area contributed by atoms with Gasteiger partial charge in [0.15, 0.2) is 0 Å². The van der Waals surface area contributed by atoms with Crippen molar-refractivity contribution in [2.45, 2.75) is 51.4 Å². The molecule has 1 aromatic carbocycles. The summed E-state index contributed by atoms with van der Waals surface area (Å²) in [5.41, 5.74) is 17.3. The number of likely N-dealkylation sites (tertiary alicyclic amines) is 1. The highest BCUT2D eigenvalue weighted by atomic mass is 16.2. The highest BCUT2D eigenvalue weighted by molar-refractivity contribution is 5.76. The zero-order valence-corrected chi connectivity index (χ0v) is 14.4. The number of rotatable bonds is 5. The fourth-order valence-corrected chi connectivity index (χ4v) is 2.55. The molecule has 0 bridgehead atoms. The molecule has 1 aliphatic heterocycles. The standard InChI is InChI=1S/C12H22N2O2.C6H8N2/c13-11(15)7-3-4-8-12(16)14-9-5-1-2-6-10-14;7-5-1-2-6(8)4-3-5/h1-10H2,(H2,13,15);1-4H,7-8H2. The summed E-state index contributed by atoms with van der Waals surface area (Å²) < 4.78 is 0. The summed E-state index contributed by atoms with van der Waals surface area (Å²) >= 11 is 0. The second kappa shape index (κ2) is 11.3. The van der Waals surface area contributed by atoms with E-state index in [1.807, 2.05) is 4.90 Å². The van der Waals surface area contributed by atoms with Gasteiger partial charge >= 0.3 is 0 Å². The maximum absolute atomic E-state index is 11.8. The molecular formula is C18H30N4O2. The highest BCUT2D eigenvalue weighted by Gasteiger charge is 2.14. The third-order valence-corrected chi connectivity index (χ3v) is 3.96. The van der Waals surface area contributed by atoms with Gasteiger partial charge in [0.2, 0.25) is 11.8 Å². The first-order valence-corrected chi connectivity index (χ1v) is 8.66. The van der Waals surface area contributed by atoms with Crippen LogP contribution in [0.5, 0.6) is 0 Å². The number of anilines is 2. The summed E-state index contributed by atoms with van der Waals surface area (Å²) in [4.78, 5) is 24.3. The van der Waals surface area contributed by atoms with Crippen molar-refractivity contribution in [3.63, 3.8) is 0 Å². The van der Waals surface area contributed by atoms with E-state index in [0.717, 1.165) is 50.1 Å². The summed E-state index contributed by atoms with van der Waals surface area (Å²) in [6, 6.07) is 7.09. The summed E-state index contributed by atoms with van der Waals surface area (Å²) in [5.74, 6) is -0.0337. The Bertz CT molecular complexity index is 473. The van der Waals surface area contributed by atoms with E-state index in [9.17, 15) is 9.59 Å². The zero-order valence-electron chi connectivity index (χ0n) is 14.4. The number of benzene rings is 1. The van der Waals surface area contributed by atoms with E-state index in [4.69, 9.17) is 17.2 Å². The lowest BCUT2D eigenvalue weighted by atomic mass is 10.1. The summed E-state index contributed by atoms with van der Waals surface area (Å²) in [5, 5.41) is 0. The van der Waals surface area contributed by atoms with Crippen molar-refractivity contribution in [3.8, 4) is 0 Å². The van der Waals surface area contributed by atoms with Gasteiger partial charge in [-0.2, -0.15) is 0 Å². The molecule has 1 fully saturated rings. The molecule has 0 aromatic heterocycles. The van der Waals surface area contributed by atoms with Crippen LogP contribution in [0.3, 0.4) is 0 Å². The van der Waals surface area contributed by atoms with Crippen LogP contribution in [0.4, 0.5) is 11.4 Å². The fraction of sp³-hybridized carbons (Fsp3) is 0.556. The summed E-state index contributed by atoms with van der Waals surface area (Å²) in [6.07, 6.45) is 7.21. The van der Waals surface area contributed by atoms with Crippen LogP contribution >= 0.6 is 0 Å². The number of hydrogen-bond donors (Lipinski definition) is 3. The van der Waals surface area contributed by atoms with E-state index in [2.05, 4.69) is 0 Å². The normalized spacial score (nSPS) is 14.2. The van der Waals surface area contributed by atoms with Crippen molar-refractivity contribution in [1.29, 1.82) is 0 Å². The lowest BCUT2D eigenvalue weighted by molar-refractivity contribution is -0.131. The largest absolute Gasteiger partial charge is 0.399 e. The van der Waals surface area contributed by atoms with Gasteiger partial charge < -0.3 is 22.1 Å². The average molecular weight is 334 g/mol. The number of hydrogen-bond acceptors (Lipinski definition) is 4. The van der Waals surface area contributed by atoms with Crippen molar-refractivity contribution in [2.75, 3.05) is 24.6 Å². The molecule has 0 unspecified atom stereocenters. The molecule has 1 aliphatic rings. The van der Waals surface area contributed by atoms with Crippen LogP contribution < -0.4 is 17.2 Å². The van der Waals surface area contributed by atoms with Crippen LogP contribution in [-0.2, 0) is 9.59 Å². The van der Waals surface area contributed by atoms with Crippen LogP contribution in [0.25, 0.3) is 0 Å². The van der Waals surface area contributed by atoms with E-state index in [-0.39, 0.29) is 11.8 Å². The van der Waals surface area contributed by atoms with Gasteiger partial charge in [0.05, 0.1) is 0 Å². The smallest absolute Gasteiger partial charge is 0.222 e. The number of nitrogen functional groups attached to an aromatic ring is 2. The van der Waals surface area contributed by atoms with Crippen molar-refractivity contribution in [3.05, 3.63) is 24.3 Å². The Labute approximate surface area is 144 Å². The lowest BCUT2D eigenvalue weighted by Crippen LogP contribution is -2.31. The van der Waals surface area contributed by atoms with Crippen LogP contribution in [0, 0.1) is 0 Å². The molecule has 0 atom stereocenters. The number of carbonyl (C=O) groups excluding carboxylic acids is 2. The second-order valence-electron chi connectivity index (χ2n) is 6.14. The van der Waals surface area contributed by atoms with Gasteiger partial charge in [-0.3, -0.25) is 9.59 Å². The molecule has 134 valence electrons. The minimum atomic E-state index is -0.276. The Morgan fingerprint density at radius 1 is 0.833 bits per heavy atom. The fourth-order valence-electron chi connectivity index (χ4n) is 2.55. The van der Waals surface area contributed by atoms with Gasteiger partial charge in [0.25, 0.3) is 0 Å². The molecule has 0 radical (unpaired) electrons. The summed E-state index contributed by atoms with van der Waals surface area (Å²) in [6.45, 7) is 1.82. The minimum absolute atomic E-state index is 0.242. The molecule has 1 heterocycles. The average Bonchev–Trinajstić information content (AvgIpc) is 2.84. The summed E-state index contributed by atoms with van der Waals surface area (Å²) in [7, 11) is 0. The molecule has 2 amide bonds. The Morgan fingerprint density at radius 2 is 1.29 bits per heavy atom. The van der Waals surface area contributed by atoms with E-state index < -0.39 is 0 Å². The molecular weight excluding hydrogens is 304 g/mol. The second-order valence-corrected chi connectivity index (χ2v) is 6.14. The van der Waals surface area contributed by atoms with Crippen molar-refractivity contribution < 1.29 is 9.59 Å². The molecule has 0 spiro atoms. The number of carbonyl (C=O) groups is 2. The van der Waals surface area contributed by atoms with Crippen LogP contribution in [0.15, 0.2) is 24.3 Å². The predicted octanol–water partition coefficient (Wildman–Crippen LogP) is 2.29. The Balaban J connectivity index is 0.000000300. The first kappa shape index (κ1) is 19.8. The Hall–Kier alpha value is -2.24. The van der Waals surface area contributed by atoms with Crippen molar-refractivity contribution in [1.82, 2.24) is 4.90 Å². The highest BCUT2D eigenvalue weighted by Crippen LogP contribution is 2.12. The number of nitrogens with two attached hydrogens (primary N) is 3. The Morgan fingerprint density at radius 3 is 1.75 bits per heavy atom. The first-order valence-electron chi connectivity index (χ1n) is 8.66. The molecule has 6 nitrogen and oxygen atoms in total. The predicted molar refractivity (Wildman–Crippen MR) is 98.0 cm³/mol. The van der Waals surface area contributed by atoms with Crippen LogP contribution in [0.2, 0.25) is 0 Å². The molecule has 1 aromatic rings. The van der Waals surface area contributed by atoms with Gasteiger partial charge in [0.1, 0.15) is 0 Å². The third kappa shape index (κ3) is 9.02. The molecule has 1 saturated heterocycles. The lowest BCUT2D eigenvalue weighted by Gasteiger charge is -2.20. The van der Waals surface area contributed by atoms with E-state index >= 15 is 0 Å². The van der Waals surface area contributed by atoms with Gasteiger partial charge in [-0.1, -0.05) is 12.8 Å². The van der Waals surface area contributed by atoms with E-state index in [0.29, 0.717) is 12.8 Å². The number of nitrogens with zero attached hydrogens (tertiary/aromatic N) is 1. The third-order valence-electron chi connectivity index (χ3n) is 3.96. The van der Waals surface area contributed by atoms with Gasteiger partial charge in [-0.25, -0.2) is 0 Å². The van der Waals surface area contributed by atoms with Crippen LogP contribution in [0.1, 0.15) is 51.4 Å². The number of primary amides is 1. The molecule has 0 saturated carbocycles. The first-order chi connectivity index (χ1) is 11.5. The van der Waals surface area contributed by atoms with Crippen LogP contribution in [-0.4, -0.2) is 29.8 Å². The van der Waals surface area contributed by atoms with Gasteiger partial charge in [-0.15, -0.1) is 0 Å². The molecule has 6 heteroatoms. The monoisotopic (exact) mass is 334 g/mol. The molecule has 24 heavy (non-hydrogen) atoms.